The molecule has 5 rings (SSSR count). The molecule has 0 atom stereocenters. The number of imidazole rings is 1. The normalized spacial score (nSPS) is 14.9. The summed E-state index contributed by atoms with van der Waals surface area (Å²) in [5.41, 5.74) is 1.66. The minimum Gasteiger partial charge on any atom is -0.459 e. The molecule has 1 saturated heterocycles. The number of piperazine rings is 1. The monoisotopic (exact) mass is 592 g/mol. The molecule has 0 amide bonds. The first-order chi connectivity index (χ1) is 20.4. The number of hydrogen-bond donors (Lipinski definition) is 1. The predicted octanol–water partition coefficient (Wildman–Crippen LogP) is 5.26. The van der Waals surface area contributed by atoms with Crippen LogP contribution >= 0.6 is 0 Å². The molecule has 4 aromatic rings. The Hall–Kier alpha value is -4.03. The van der Waals surface area contributed by atoms with Crippen LogP contribution in [0.3, 0.4) is 0 Å². The zero-order valence-corrected chi connectivity index (χ0v) is 25.5. The smallest absolute Gasteiger partial charge is 0.320 e. The number of halogens is 2. The predicted molar refractivity (Wildman–Crippen MR) is 161 cm³/mol. The maximum Gasteiger partial charge on any atom is 0.320 e. The molecule has 10 nitrogen and oxygen atoms in total. The lowest BCUT2D eigenvalue weighted by Crippen LogP contribution is -2.48. The molecule has 0 spiro atoms. The number of fused-ring (bicyclic) bond motifs is 1. The van der Waals surface area contributed by atoms with Gasteiger partial charge in [0.2, 0.25) is 5.95 Å². The van der Waals surface area contributed by atoms with Gasteiger partial charge in [-0.3, -0.25) is 14.6 Å². The Kier molecular flexibility index (Phi) is 8.70. The number of aryl methyl sites for hydroxylation is 1. The van der Waals surface area contributed by atoms with E-state index in [0.29, 0.717) is 29.3 Å². The Balaban J connectivity index is 1.22. The van der Waals surface area contributed by atoms with E-state index in [9.17, 15) is 9.18 Å². The third kappa shape index (κ3) is 7.31. The topological polar surface area (TPSA) is 101 Å². The largest absolute Gasteiger partial charge is 0.459 e. The fourth-order valence-electron chi connectivity index (χ4n) is 5.31. The maximum absolute atomic E-state index is 15.0. The first kappa shape index (κ1) is 30.4. The molecule has 43 heavy (non-hydrogen) atoms. The molecule has 1 fully saturated rings. The quantitative estimate of drug-likeness (QED) is 0.275. The molecule has 3 aromatic heterocycles. The highest BCUT2D eigenvalue weighted by molar-refractivity contribution is 5.83. The fraction of sp³-hybridized carbons (Fsp3) is 0.452. The van der Waals surface area contributed by atoms with E-state index in [1.54, 1.807) is 12.3 Å². The minimum absolute atomic E-state index is 0.0186. The summed E-state index contributed by atoms with van der Waals surface area (Å²) in [7, 11) is 0. The SMILES string of the molecule is Cc1nc2c(F)cc(-c3nc(Nc4ccc(CN5CCN(CC(=O)OC(C)(C)C)CC5)cn4)ncc3F)cc2n1C(C)C. The average molecular weight is 593 g/mol. The van der Waals surface area contributed by atoms with Gasteiger partial charge >= 0.3 is 5.97 Å². The van der Waals surface area contributed by atoms with Crippen LogP contribution in [0.1, 0.15) is 52.0 Å². The third-order valence-corrected chi connectivity index (χ3v) is 7.17. The van der Waals surface area contributed by atoms with Crippen LogP contribution < -0.4 is 5.32 Å². The molecule has 0 unspecified atom stereocenters. The van der Waals surface area contributed by atoms with Gasteiger partial charge in [0.15, 0.2) is 11.6 Å². The number of nitrogens with zero attached hydrogens (tertiary/aromatic N) is 7. The number of ether oxygens (including phenoxy) is 1. The van der Waals surface area contributed by atoms with Crippen LogP contribution in [-0.4, -0.2) is 78.6 Å². The zero-order chi connectivity index (χ0) is 30.9. The van der Waals surface area contributed by atoms with Gasteiger partial charge < -0.3 is 14.6 Å². The minimum atomic E-state index is -0.661. The van der Waals surface area contributed by atoms with Crippen molar-refractivity contribution in [3.05, 3.63) is 59.7 Å². The van der Waals surface area contributed by atoms with Crippen molar-refractivity contribution in [3.8, 4) is 11.3 Å². The molecular formula is C31H38F2N8O2. The molecule has 1 aromatic carbocycles. The molecule has 1 aliphatic heterocycles. The van der Waals surface area contributed by atoms with Crippen LogP contribution in [-0.2, 0) is 16.1 Å². The Morgan fingerprint density at radius 1 is 1.00 bits per heavy atom. The molecule has 0 aliphatic carbocycles. The molecule has 12 heteroatoms. The van der Waals surface area contributed by atoms with Gasteiger partial charge in [0, 0.05) is 50.5 Å². The molecule has 228 valence electrons. The van der Waals surface area contributed by atoms with Crippen LogP contribution in [0.5, 0.6) is 0 Å². The summed E-state index contributed by atoms with van der Waals surface area (Å²) in [4.78, 5) is 33.8. The van der Waals surface area contributed by atoms with E-state index in [1.165, 1.54) is 6.07 Å². The summed E-state index contributed by atoms with van der Waals surface area (Å²) < 4.78 is 37.2. The summed E-state index contributed by atoms with van der Waals surface area (Å²) in [5, 5.41) is 3.02. The molecule has 4 heterocycles. The van der Waals surface area contributed by atoms with Crippen molar-refractivity contribution >= 4 is 28.8 Å². The first-order valence-corrected chi connectivity index (χ1v) is 14.5. The van der Waals surface area contributed by atoms with E-state index in [4.69, 9.17) is 4.74 Å². The van der Waals surface area contributed by atoms with E-state index >= 15 is 4.39 Å². The molecule has 0 saturated carbocycles. The molecular weight excluding hydrogens is 554 g/mol. The van der Waals surface area contributed by atoms with Crippen molar-refractivity contribution in [1.29, 1.82) is 0 Å². The number of anilines is 2. The summed E-state index contributed by atoms with van der Waals surface area (Å²) >= 11 is 0. The van der Waals surface area contributed by atoms with E-state index in [2.05, 4.69) is 35.1 Å². The van der Waals surface area contributed by atoms with Crippen molar-refractivity contribution in [2.75, 3.05) is 38.0 Å². The van der Waals surface area contributed by atoms with Crippen LogP contribution in [0, 0.1) is 18.6 Å². The van der Waals surface area contributed by atoms with Crippen LogP contribution in [0.4, 0.5) is 20.5 Å². The lowest BCUT2D eigenvalue weighted by Gasteiger charge is -2.34. The van der Waals surface area contributed by atoms with Crippen LogP contribution in [0.2, 0.25) is 0 Å². The number of benzene rings is 1. The number of nitrogens with one attached hydrogen (secondary N) is 1. The maximum atomic E-state index is 15.0. The Labute approximate surface area is 250 Å². The second-order valence-corrected chi connectivity index (χ2v) is 12.2. The second kappa shape index (κ2) is 12.3. The summed E-state index contributed by atoms with van der Waals surface area (Å²) in [6, 6.07) is 6.79. The number of carbonyl (C=O) groups excluding carboxylic acids is 1. The molecule has 0 bridgehead atoms. The van der Waals surface area contributed by atoms with E-state index in [1.807, 2.05) is 58.2 Å². The number of carbonyl (C=O) groups is 1. The van der Waals surface area contributed by atoms with E-state index in [0.717, 1.165) is 44.5 Å². The zero-order valence-electron chi connectivity index (χ0n) is 25.5. The molecule has 1 N–H and O–H groups in total. The van der Waals surface area contributed by atoms with Crippen molar-refractivity contribution < 1.29 is 18.3 Å². The highest BCUT2D eigenvalue weighted by Crippen LogP contribution is 2.30. The average Bonchev–Trinajstić information content (AvgIpc) is 3.27. The van der Waals surface area contributed by atoms with Gasteiger partial charge in [-0.05, 0) is 65.3 Å². The molecule has 0 radical (unpaired) electrons. The van der Waals surface area contributed by atoms with Gasteiger partial charge in [-0.2, -0.15) is 0 Å². The summed E-state index contributed by atoms with van der Waals surface area (Å²) in [6.07, 6.45) is 2.84. The van der Waals surface area contributed by atoms with Crippen molar-refractivity contribution in [2.45, 2.75) is 59.7 Å². The number of pyridine rings is 1. The van der Waals surface area contributed by atoms with Crippen LogP contribution in [0.15, 0.2) is 36.7 Å². The fourth-order valence-corrected chi connectivity index (χ4v) is 5.31. The first-order valence-electron chi connectivity index (χ1n) is 14.5. The highest BCUT2D eigenvalue weighted by Gasteiger charge is 2.23. The highest BCUT2D eigenvalue weighted by atomic mass is 19.1. The number of hydrogen-bond acceptors (Lipinski definition) is 9. The van der Waals surface area contributed by atoms with Gasteiger partial charge in [0.25, 0.3) is 0 Å². The second-order valence-electron chi connectivity index (χ2n) is 12.2. The number of esters is 1. The van der Waals surface area contributed by atoms with Gasteiger partial charge in [-0.15, -0.1) is 0 Å². The number of rotatable bonds is 8. The summed E-state index contributed by atoms with van der Waals surface area (Å²) in [6.45, 7) is 15.7. The lowest BCUT2D eigenvalue weighted by atomic mass is 10.1. The summed E-state index contributed by atoms with van der Waals surface area (Å²) in [5.74, 6) is -0.0743. The van der Waals surface area contributed by atoms with Crippen molar-refractivity contribution in [1.82, 2.24) is 34.3 Å². The van der Waals surface area contributed by atoms with Crippen LogP contribution in [0.25, 0.3) is 22.3 Å². The Morgan fingerprint density at radius 3 is 2.37 bits per heavy atom. The van der Waals surface area contributed by atoms with Crippen molar-refractivity contribution in [2.24, 2.45) is 0 Å². The molecule has 1 aliphatic rings. The Bertz CT molecular complexity index is 1610. The van der Waals surface area contributed by atoms with Gasteiger partial charge in [-0.1, -0.05) is 6.07 Å². The van der Waals surface area contributed by atoms with Crippen molar-refractivity contribution in [3.63, 3.8) is 0 Å². The van der Waals surface area contributed by atoms with E-state index in [-0.39, 0.29) is 29.2 Å². The lowest BCUT2D eigenvalue weighted by molar-refractivity contribution is -0.156. The Morgan fingerprint density at radius 2 is 1.72 bits per heavy atom. The number of aromatic nitrogens is 5. The third-order valence-electron chi connectivity index (χ3n) is 7.17. The van der Waals surface area contributed by atoms with Gasteiger partial charge in [0.1, 0.15) is 28.5 Å². The van der Waals surface area contributed by atoms with Gasteiger partial charge in [0.05, 0.1) is 18.3 Å². The van der Waals surface area contributed by atoms with Gasteiger partial charge in [-0.25, -0.2) is 28.7 Å². The standard InChI is InChI=1S/C31H38F2N8O2/c1-19(2)41-20(3)36-29-23(32)13-22(14-25(29)41)28-24(33)16-35-30(38-28)37-26-8-7-21(15-34-26)17-39-9-11-40(12-10-39)18-27(42)43-31(4,5)6/h7-8,13-16,19H,9-12,17-18H2,1-6H3,(H,34,35,37,38). The van der Waals surface area contributed by atoms with E-state index < -0.39 is 17.2 Å².